The topological polar surface area (TPSA) is 29.1 Å². The third kappa shape index (κ3) is 3.78. The molecule has 0 unspecified atom stereocenters. The quantitative estimate of drug-likeness (QED) is 0.796. The van der Waals surface area contributed by atoms with Gasteiger partial charge in [-0.2, -0.15) is 0 Å². The highest BCUT2D eigenvalue weighted by atomic mass is 16.1. The van der Waals surface area contributed by atoms with E-state index in [-0.39, 0.29) is 5.91 Å². The molecule has 0 aliphatic heterocycles. The van der Waals surface area contributed by atoms with Crippen LogP contribution in [0.15, 0.2) is 54.6 Å². The number of hydrogen-bond donors (Lipinski definition) is 1. The third-order valence-electron chi connectivity index (χ3n) is 6.13. The number of benzene rings is 2. The Hall–Kier alpha value is -2.09. The first-order valence-electron chi connectivity index (χ1n) is 9.76. The van der Waals surface area contributed by atoms with Crippen molar-refractivity contribution in [3.05, 3.63) is 60.2 Å². The maximum Gasteiger partial charge on any atom is 0.251 e. The zero-order valence-corrected chi connectivity index (χ0v) is 14.8. The first-order chi connectivity index (χ1) is 12.3. The molecule has 2 aromatic rings. The standard InChI is InChI=1S/C23H27NO/c25-23(24-22-15-14-18-8-4-5-9-21(18)16-22)20-12-10-19(11-13-20)17-6-2-1-3-7-17/h1-3,6-7,10-13,18,21-22H,4-5,8-9,14-16H2,(H,24,25)/t18-,21+,22-/m1/s1. The van der Waals surface area contributed by atoms with E-state index in [9.17, 15) is 4.79 Å². The van der Waals surface area contributed by atoms with Gasteiger partial charge in [0.25, 0.3) is 5.91 Å². The summed E-state index contributed by atoms with van der Waals surface area (Å²) >= 11 is 0. The van der Waals surface area contributed by atoms with Gasteiger partial charge in [-0.25, -0.2) is 0 Å². The minimum absolute atomic E-state index is 0.0823. The maximum absolute atomic E-state index is 12.6. The van der Waals surface area contributed by atoms with Crippen LogP contribution in [0.5, 0.6) is 0 Å². The lowest BCUT2D eigenvalue weighted by Gasteiger charge is -2.39. The van der Waals surface area contributed by atoms with Crippen LogP contribution in [-0.4, -0.2) is 11.9 Å². The summed E-state index contributed by atoms with van der Waals surface area (Å²) in [5, 5.41) is 3.29. The van der Waals surface area contributed by atoms with Gasteiger partial charge in [-0.3, -0.25) is 4.79 Å². The Morgan fingerprint density at radius 3 is 2.20 bits per heavy atom. The summed E-state index contributed by atoms with van der Waals surface area (Å²) < 4.78 is 0. The summed E-state index contributed by atoms with van der Waals surface area (Å²) in [7, 11) is 0. The molecule has 0 spiro atoms. The minimum atomic E-state index is 0.0823. The van der Waals surface area contributed by atoms with Crippen LogP contribution in [0.2, 0.25) is 0 Å². The van der Waals surface area contributed by atoms with Gasteiger partial charge in [0.2, 0.25) is 0 Å². The summed E-state index contributed by atoms with van der Waals surface area (Å²) in [4.78, 5) is 12.6. The summed E-state index contributed by atoms with van der Waals surface area (Å²) in [5.74, 6) is 1.85. The van der Waals surface area contributed by atoms with Crippen LogP contribution in [0.3, 0.4) is 0 Å². The highest BCUT2D eigenvalue weighted by Gasteiger charge is 2.32. The normalized spacial score (nSPS) is 25.8. The molecule has 2 aliphatic carbocycles. The number of hydrogen-bond acceptors (Lipinski definition) is 1. The van der Waals surface area contributed by atoms with Crippen LogP contribution in [0.25, 0.3) is 11.1 Å². The number of fused-ring (bicyclic) bond motifs is 1. The van der Waals surface area contributed by atoms with Gasteiger partial charge in [0.1, 0.15) is 0 Å². The van der Waals surface area contributed by atoms with E-state index in [2.05, 4.69) is 17.4 Å². The molecule has 4 rings (SSSR count). The van der Waals surface area contributed by atoms with Gasteiger partial charge < -0.3 is 5.32 Å². The first-order valence-corrected chi connectivity index (χ1v) is 9.76. The molecule has 2 nitrogen and oxygen atoms in total. The van der Waals surface area contributed by atoms with Crippen LogP contribution < -0.4 is 5.32 Å². The average Bonchev–Trinajstić information content (AvgIpc) is 2.69. The van der Waals surface area contributed by atoms with E-state index in [4.69, 9.17) is 0 Å². The molecule has 0 saturated heterocycles. The Balaban J connectivity index is 1.38. The predicted molar refractivity (Wildman–Crippen MR) is 102 cm³/mol. The lowest BCUT2D eigenvalue weighted by molar-refractivity contribution is 0.0879. The van der Waals surface area contributed by atoms with Gasteiger partial charge in [0, 0.05) is 11.6 Å². The molecule has 1 amide bonds. The van der Waals surface area contributed by atoms with Crippen LogP contribution in [-0.2, 0) is 0 Å². The lowest BCUT2D eigenvalue weighted by Crippen LogP contribution is -2.41. The molecule has 1 N–H and O–H groups in total. The molecule has 2 heteroatoms. The summed E-state index contributed by atoms with van der Waals surface area (Å²) in [6.45, 7) is 0. The van der Waals surface area contributed by atoms with Gasteiger partial charge in [0.05, 0.1) is 0 Å². The number of nitrogens with one attached hydrogen (secondary N) is 1. The van der Waals surface area contributed by atoms with Crippen LogP contribution in [0.1, 0.15) is 55.3 Å². The third-order valence-corrected chi connectivity index (χ3v) is 6.13. The van der Waals surface area contributed by atoms with Crippen molar-refractivity contribution in [2.75, 3.05) is 0 Å². The van der Waals surface area contributed by atoms with Gasteiger partial charge in [0.15, 0.2) is 0 Å². The van der Waals surface area contributed by atoms with Crippen molar-refractivity contribution >= 4 is 5.91 Å². The monoisotopic (exact) mass is 333 g/mol. The van der Waals surface area contributed by atoms with E-state index in [0.29, 0.717) is 6.04 Å². The Labute approximate surface area is 150 Å². The van der Waals surface area contributed by atoms with Gasteiger partial charge in [-0.1, -0.05) is 68.1 Å². The minimum Gasteiger partial charge on any atom is -0.349 e. The van der Waals surface area contributed by atoms with E-state index in [1.165, 1.54) is 44.1 Å². The fourth-order valence-electron chi connectivity index (χ4n) is 4.72. The Bertz CT molecular complexity index is 707. The van der Waals surface area contributed by atoms with E-state index in [1.807, 2.05) is 42.5 Å². The summed E-state index contributed by atoms with van der Waals surface area (Å²) in [6, 6.07) is 18.6. The van der Waals surface area contributed by atoms with Crippen molar-refractivity contribution in [1.82, 2.24) is 5.32 Å². The average molecular weight is 333 g/mol. The molecule has 2 fully saturated rings. The number of rotatable bonds is 3. The summed E-state index contributed by atoms with van der Waals surface area (Å²) in [6.07, 6.45) is 9.18. The molecule has 2 saturated carbocycles. The zero-order valence-electron chi connectivity index (χ0n) is 14.8. The van der Waals surface area contributed by atoms with Crippen molar-refractivity contribution in [2.45, 2.75) is 51.0 Å². The van der Waals surface area contributed by atoms with Crippen molar-refractivity contribution in [2.24, 2.45) is 11.8 Å². The molecule has 0 aromatic heterocycles. The number of amides is 1. The second-order valence-electron chi connectivity index (χ2n) is 7.73. The van der Waals surface area contributed by atoms with Gasteiger partial charge in [-0.15, -0.1) is 0 Å². The van der Waals surface area contributed by atoms with Crippen molar-refractivity contribution in [3.8, 4) is 11.1 Å². The van der Waals surface area contributed by atoms with Crippen LogP contribution in [0.4, 0.5) is 0 Å². The smallest absolute Gasteiger partial charge is 0.251 e. The van der Waals surface area contributed by atoms with Gasteiger partial charge in [-0.05, 0) is 54.4 Å². The fourth-order valence-corrected chi connectivity index (χ4v) is 4.72. The van der Waals surface area contributed by atoms with E-state index in [1.54, 1.807) is 0 Å². The molecule has 25 heavy (non-hydrogen) atoms. The van der Waals surface area contributed by atoms with Crippen molar-refractivity contribution in [3.63, 3.8) is 0 Å². The molecule has 3 atom stereocenters. The molecular weight excluding hydrogens is 306 g/mol. The van der Waals surface area contributed by atoms with Crippen molar-refractivity contribution < 1.29 is 4.79 Å². The molecule has 130 valence electrons. The molecule has 0 heterocycles. The van der Waals surface area contributed by atoms with Crippen LogP contribution >= 0.6 is 0 Å². The highest BCUT2D eigenvalue weighted by molar-refractivity contribution is 5.94. The number of carbonyl (C=O) groups is 1. The van der Waals surface area contributed by atoms with E-state index >= 15 is 0 Å². The molecule has 2 aromatic carbocycles. The maximum atomic E-state index is 12.6. The molecular formula is C23H27NO. The fraction of sp³-hybridized carbons (Fsp3) is 0.435. The predicted octanol–water partition coefficient (Wildman–Crippen LogP) is 5.44. The molecule has 0 bridgehead atoms. The zero-order chi connectivity index (χ0) is 17.1. The SMILES string of the molecule is O=C(N[C@@H]1CC[C@H]2CCCC[C@H]2C1)c1ccc(-c2ccccc2)cc1. The largest absolute Gasteiger partial charge is 0.349 e. The van der Waals surface area contributed by atoms with E-state index in [0.717, 1.165) is 29.4 Å². The number of carbonyl (C=O) groups excluding carboxylic acids is 1. The first kappa shape index (κ1) is 16.4. The van der Waals surface area contributed by atoms with Gasteiger partial charge >= 0.3 is 0 Å². The van der Waals surface area contributed by atoms with Crippen molar-refractivity contribution in [1.29, 1.82) is 0 Å². The Kier molecular flexibility index (Phi) is 4.87. The lowest BCUT2D eigenvalue weighted by atomic mass is 9.69. The summed E-state index contributed by atoms with van der Waals surface area (Å²) in [5.41, 5.74) is 3.11. The van der Waals surface area contributed by atoms with E-state index < -0.39 is 0 Å². The Morgan fingerprint density at radius 2 is 1.44 bits per heavy atom. The molecule has 2 aliphatic rings. The molecule has 0 radical (unpaired) electrons. The second-order valence-corrected chi connectivity index (χ2v) is 7.73. The highest BCUT2D eigenvalue weighted by Crippen LogP contribution is 2.40. The Morgan fingerprint density at radius 1 is 0.760 bits per heavy atom. The second kappa shape index (κ2) is 7.43. The van der Waals surface area contributed by atoms with Crippen LogP contribution in [0, 0.1) is 11.8 Å².